The van der Waals surface area contributed by atoms with Crippen LogP contribution in [0.3, 0.4) is 0 Å². The van der Waals surface area contributed by atoms with Gasteiger partial charge in [-0.15, -0.1) is 12.4 Å². The average Bonchev–Trinajstić information content (AvgIpc) is 3.08. The summed E-state index contributed by atoms with van der Waals surface area (Å²) in [5.74, 6) is 1.08. The van der Waals surface area contributed by atoms with E-state index in [-0.39, 0.29) is 18.4 Å². The molecule has 0 radical (unpaired) electrons. The van der Waals surface area contributed by atoms with Crippen molar-refractivity contribution >= 4 is 41.4 Å². The number of anilines is 2. The van der Waals surface area contributed by atoms with E-state index in [0.717, 1.165) is 28.9 Å². The van der Waals surface area contributed by atoms with Crippen molar-refractivity contribution in [1.82, 2.24) is 9.97 Å². The van der Waals surface area contributed by atoms with Gasteiger partial charge in [0, 0.05) is 23.8 Å². The first kappa shape index (κ1) is 20.9. The third-order valence-corrected chi connectivity index (χ3v) is 5.07. The highest BCUT2D eigenvalue weighted by Crippen LogP contribution is 2.33. The number of carbonyl (C=O) groups is 1. The average molecular weight is 431 g/mol. The first-order valence-corrected chi connectivity index (χ1v) is 9.32. The van der Waals surface area contributed by atoms with Crippen molar-refractivity contribution in [3.8, 4) is 11.6 Å². The molecule has 150 valence electrons. The van der Waals surface area contributed by atoms with E-state index in [2.05, 4.69) is 15.3 Å². The van der Waals surface area contributed by atoms with E-state index in [4.69, 9.17) is 16.3 Å². The van der Waals surface area contributed by atoms with E-state index in [1.54, 1.807) is 35.5 Å². The first-order chi connectivity index (χ1) is 13.5. The van der Waals surface area contributed by atoms with Gasteiger partial charge in [-0.2, -0.15) is 0 Å². The third-order valence-electron chi connectivity index (χ3n) is 4.66. The van der Waals surface area contributed by atoms with Gasteiger partial charge in [0.25, 0.3) is 0 Å². The van der Waals surface area contributed by atoms with Crippen molar-refractivity contribution in [1.29, 1.82) is 0 Å². The molecule has 0 bridgehead atoms. The summed E-state index contributed by atoms with van der Waals surface area (Å²) in [5, 5.41) is 3.53. The quantitative estimate of drug-likeness (QED) is 0.590. The molecule has 0 aliphatic carbocycles. The molecule has 2 aromatic heterocycles. The largest absolute Gasteiger partial charge is 0.437 e. The summed E-state index contributed by atoms with van der Waals surface area (Å²) < 4.78 is 5.73. The van der Waals surface area contributed by atoms with E-state index in [9.17, 15) is 4.79 Å². The predicted octanol–water partition coefficient (Wildman–Crippen LogP) is 5.56. The van der Waals surface area contributed by atoms with Crippen LogP contribution < -0.4 is 15.0 Å². The SMILES string of the molecule is Cc1cc2c(cc1Cl)N(C(=O)Nc1ccc(Oc3cccnc3C)nc1)CC2.Cl. The van der Waals surface area contributed by atoms with Gasteiger partial charge in [0.05, 0.1) is 23.3 Å². The lowest BCUT2D eigenvalue weighted by Gasteiger charge is -2.18. The van der Waals surface area contributed by atoms with Gasteiger partial charge in [-0.1, -0.05) is 17.7 Å². The highest BCUT2D eigenvalue weighted by Gasteiger charge is 2.25. The molecule has 0 saturated heterocycles. The van der Waals surface area contributed by atoms with Crippen molar-refractivity contribution in [2.24, 2.45) is 0 Å². The zero-order chi connectivity index (χ0) is 19.7. The third kappa shape index (κ3) is 4.44. The summed E-state index contributed by atoms with van der Waals surface area (Å²) in [6, 6.07) is 10.8. The maximum atomic E-state index is 12.7. The maximum absolute atomic E-state index is 12.7. The van der Waals surface area contributed by atoms with Gasteiger partial charge in [0.1, 0.15) is 0 Å². The molecule has 1 aliphatic rings. The number of halogens is 2. The number of carbonyl (C=O) groups excluding carboxylic acids is 1. The van der Waals surface area contributed by atoms with Gasteiger partial charge in [-0.05, 0) is 55.7 Å². The molecule has 8 heteroatoms. The molecule has 3 heterocycles. The van der Waals surface area contributed by atoms with E-state index in [0.29, 0.717) is 28.9 Å². The van der Waals surface area contributed by atoms with Crippen molar-refractivity contribution < 1.29 is 9.53 Å². The summed E-state index contributed by atoms with van der Waals surface area (Å²) in [5.41, 5.74) is 4.38. The molecule has 0 spiro atoms. The number of urea groups is 1. The summed E-state index contributed by atoms with van der Waals surface area (Å²) in [6.07, 6.45) is 4.09. The lowest BCUT2D eigenvalue weighted by atomic mass is 10.1. The fourth-order valence-electron chi connectivity index (χ4n) is 3.14. The molecule has 29 heavy (non-hydrogen) atoms. The number of rotatable bonds is 3. The first-order valence-electron chi connectivity index (χ1n) is 8.94. The number of ether oxygens (including phenoxy) is 1. The van der Waals surface area contributed by atoms with E-state index in [1.807, 2.05) is 32.0 Å². The number of hydrogen-bond donors (Lipinski definition) is 1. The Morgan fingerprint density at radius 1 is 1.21 bits per heavy atom. The Morgan fingerprint density at radius 2 is 2.03 bits per heavy atom. The lowest BCUT2D eigenvalue weighted by molar-refractivity contribution is 0.257. The Labute approximate surface area is 180 Å². The van der Waals surface area contributed by atoms with Crippen molar-refractivity contribution in [2.45, 2.75) is 20.3 Å². The van der Waals surface area contributed by atoms with Crippen molar-refractivity contribution in [3.05, 3.63) is 70.6 Å². The standard InChI is InChI=1S/C21H19ClN4O2.ClH/c1-13-10-15-7-9-26(18(15)11-17(13)22)21(27)25-16-5-6-20(24-12-16)28-19-4-3-8-23-14(19)2;/h3-6,8,10-12H,7,9H2,1-2H3,(H,25,27);1H. The minimum atomic E-state index is -0.211. The molecule has 4 rings (SSSR count). The number of nitrogens with one attached hydrogen (secondary N) is 1. The van der Waals surface area contributed by atoms with Crippen LogP contribution in [0.15, 0.2) is 48.8 Å². The second-order valence-corrected chi connectivity index (χ2v) is 7.04. The highest BCUT2D eigenvalue weighted by atomic mass is 35.5. The Bertz CT molecular complexity index is 1040. The molecule has 3 aromatic rings. The zero-order valence-electron chi connectivity index (χ0n) is 16.0. The number of amides is 2. The predicted molar refractivity (Wildman–Crippen MR) is 117 cm³/mol. The van der Waals surface area contributed by atoms with Crippen LogP contribution in [0.4, 0.5) is 16.2 Å². The Balaban J connectivity index is 0.00000240. The molecule has 0 unspecified atom stereocenters. The van der Waals surface area contributed by atoms with Gasteiger partial charge in [0.2, 0.25) is 5.88 Å². The van der Waals surface area contributed by atoms with Gasteiger partial charge in [-0.3, -0.25) is 9.88 Å². The van der Waals surface area contributed by atoms with Crippen LogP contribution in [-0.4, -0.2) is 22.5 Å². The zero-order valence-corrected chi connectivity index (χ0v) is 17.5. The summed E-state index contributed by atoms with van der Waals surface area (Å²) in [7, 11) is 0. The van der Waals surface area contributed by atoms with Crippen LogP contribution in [0, 0.1) is 13.8 Å². The molecular weight excluding hydrogens is 411 g/mol. The van der Waals surface area contributed by atoms with Gasteiger partial charge in [-0.25, -0.2) is 9.78 Å². The van der Waals surface area contributed by atoms with Crippen LogP contribution in [0.25, 0.3) is 0 Å². The fraction of sp³-hybridized carbons (Fsp3) is 0.190. The normalized spacial score (nSPS) is 12.2. The molecule has 0 fully saturated rings. The Hall–Kier alpha value is -2.83. The number of hydrogen-bond acceptors (Lipinski definition) is 4. The van der Waals surface area contributed by atoms with Gasteiger partial charge < -0.3 is 10.1 Å². The van der Waals surface area contributed by atoms with Crippen LogP contribution in [0.5, 0.6) is 11.6 Å². The lowest BCUT2D eigenvalue weighted by Crippen LogP contribution is -2.33. The number of nitrogens with zero attached hydrogens (tertiary/aromatic N) is 3. The molecular formula is C21H20Cl2N4O2. The Kier molecular flexibility index (Phi) is 6.25. The molecule has 1 aromatic carbocycles. The van der Waals surface area contributed by atoms with E-state index >= 15 is 0 Å². The molecule has 1 aliphatic heterocycles. The number of pyridine rings is 2. The second kappa shape index (κ2) is 8.68. The topological polar surface area (TPSA) is 67.4 Å². The van der Waals surface area contributed by atoms with Crippen LogP contribution >= 0.6 is 24.0 Å². The molecule has 0 atom stereocenters. The summed E-state index contributed by atoms with van der Waals surface area (Å²) in [6.45, 7) is 4.45. The van der Waals surface area contributed by atoms with Crippen LogP contribution in [-0.2, 0) is 6.42 Å². The van der Waals surface area contributed by atoms with E-state index < -0.39 is 0 Å². The van der Waals surface area contributed by atoms with Crippen molar-refractivity contribution in [3.63, 3.8) is 0 Å². The number of aromatic nitrogens is 2. The van der Waals surface area contributed by atoms with Gasteiger partial charge in [0.15, 0.2) is 5.75 Å². The van der Waals surface area contributed by atoms with Crippen molar-refractivity contribution in [2.75, 3.05) is 16.8 Å². The molecule has 0 saturated carbocycles. The molecule has 1 N–H and O–H groups in total. The number of fused-ring (bicyclic) bond motifs is 1. The summed E-state index contributed by atoms with van der Waals surface area (Å²) >= 11 is 6.23. The number of benzene rings is 1. The minimum absolute atomic E-state index is 0. The molecule has 6 nitrogen and oxygen atoms in total. The summed E-state index contributed by atoms with van der Waals surface area (Å²) in [4.78, 5) is 22.8. The van der Waals surface area contributed by atoms with E-state index in [1.165, 1.54) is 0 Å². The molecule has 2 amide bonds. The smallest absolute Gasteiger partial charge is 0.326 e. The maximum Gasteiger partial charge on any atom is 0.326 e. The van der Waals surface area contributed by atoms with Crippen LogP contribution in [0.2, 0.25) is 5.02 Å². The Morgan fingerprint density at radius 3 is 2.76 bits per heavy atom. The van der Waals surface area contributed by atoms with Gasteiger partial charge >= 0.3 is 6.03 Å². The monoisotopic (exact) mass is 430 g/mol. The minimum Gasteiger partial charge on any atom is -0.437 e. The highest BCUT2D eigenvalue weighted by molar-refractivity contribution is 6.31. The number of aryl methyl sites for hydroxylation is 2. The second-order valence-electron chi connectivity index (χ2n) is 6.64. The fourth-order valence-corrected chi connectivity index (χ4v) is 3.30. The van der Waals surface area contributed by atoms with Crippen LogP contribution in [0.1, 0.15) is 16.8 Å².